The number of aromatic nitrogens is 3. The Morgan fingerprint density at radius 2 is 2.05 bits per heavy atom. The molecule has 0 bridgehead atoms. The molecule has 20 heavy (non-hydrogen) atoms. The molecule has 7 heteroatoms. The average molecular weight is 282 g/mol. The smallest absolute Gasteiger partial charge is 0.234 e. The first-order chi connectivity index (χ1) is 9.54. The summed E-state index contributed by atoms with van der Waals surface area (Å²) in [6, 6.07) is 0. The summed E-state index contributed by atoms with van der Waals surface area (Å²) in [5.74, 6) is 1.77. The zero-order chi connectivity index (χ0) is 15.0. The second kappa shape index (κ2) is 8.65. The van der Waals surface area contributed by atoms with Crippen LogP contribution in [0.5, 0.6) is 0 Å². The predicted molar refractivity (Wildman–Crippen MR) is 78.2 cm³/mol. The summed E-state index contributed by atoms with van der Waals surface area (Å²) in [5, 5.41) is 14.2. The van der Waals surface area contributed by atoms with E-state index in [1.165, 1.54) is 0 Å². The van der Waals surface area contributed by atoms with Crippen molar-refractivity contribution in [1.29, 1.82) is 0 Å². The van der Waals surface area contributed by atoms with Gasteiger partial charge < -0.3 is 15.2 Å². The van der Waals surface area contributed by atoms with Crippen LogP contribution in [0, 0.1) is 6.92 Å². The number of rotatable bonds is 9. The highest BCUT2D eigenvalue weighted by molar-refractivity contribution is 5.77. The maximum Gasteiger partial charge on any atom is 0.234 e. The SMILES string of the molecule is CCCNCCNC(=O)CN(C)Cc1nnc(C)n1C. The van der Waals surface area contributed by atoms with E-state index in [2.05, 4.69) is 27.8 Å². The van der Waals surface area contributed by atoms with Crippen LogP contribution in [0.3, 0.4) is 0 Å². The van der Waals surface area contributed by atoms with Gasteiger partial charge in [0.25, 0.3) is 0 Å². The molecule has 0 fully saturated rings. The number of hydrogen-bond donors (Lipinski definition) is 2. The molecule has 2 N–H and O–H groups in total. The van der Waals surface area contributed by atoms with E-state index in [0.29, 0.717) is 19.6 Å². The molecule has 1 aromatic rings. The molecule has 1 rings (SSSR count). The average Bonchev–Trinajstić information content (AvgIpc) is 2.70. The molecule has 0 radical (unpaired) electrons. The molecule has 0 aromatic carbocycles. The molecule has 7 nitrogen and oxygen atoms in total. The Morgan fingerprint density at radius 3 is 2.65 bits per heavy atom. The zero-order valence-corrected chi connectivity index (χ0v) is 12.9. The van der Waals surface area contributed by atoms with Crippen molar-refractivity contribution in [2.75, 3.05) is 33.2 Å². The summed E-state index contributed by atoms with van der Waals surface area (Å²) >= 11 is 0. The van der Waals surface area contributed by atoms with E-state index in [-0.39, 0.29) is 5.91 Å². The number of nitrogens with one attached hydrogen (secondary N) is 2. The van der Waals surface area contributed by atoms with Crippen molar-refractivity contribution in [2.45, 2.75) is 26.8 Å². The normalized spacial score (nSPS) is 11.1. The lowest BCUT2D eigenvalue weighted by Crippen LogP contribution is -2.38. The molecule has 114 valence electrons. The molecule has 0 spiro atoms. The molecule has 1 heterocycles. The maximum atomic E-state index is 11.7. The zero-order valence-electron chi connectivity index (χ0n) is 12.9. The van der Waals surface area contributed by atoms with Gasteiger partial charge in [0.05, 0.1) is 13.1 Å². The van der Waals surface area contributed by atoms with Crippen LogP contribution in [0.15, 0.2) is 0 Å². The summed E-state index contributed by atoms with van der Waals surface area (Å²) in [5.41, 5.74) is 0. The van der Waals surface area contributed by atoms with Gasteiger partial charge in [-0.2, -0.15) is 0 Å². The fraction of sp³-hybridized carbons (Fsp3) is 0.769. The minimum atomic E-state index is 0.0321. The number of hydrogen-bond acceptors (Lipinski definition) is 5. The van der Waals surface area contributed by atoms with E-state index in [4.69, 9.17) is 0 Å². The number of carbonyl (C=O) groups excluding carboxylic acids is 1. The van der Waals surface area contributed by atoms with Gasteiger partial charge in [0.1, 0.15) is 11.6 Å². The van der Waals surface area contributed by atoms with Crippen molar-refractivity contribution in [3.63, 3.8) is 0 Å². The van der Waals surface area contributed by atoms with E-state index in [1.807, 2.05) is 30.5 Å². The van der Waals surface area contributed by atoms with E-state index in [1.54, 1.807) is 0 Å². The minimum absolute atomic E-state index is 0.0321. The van der Waals surface area contributed by atoms with E-state index in [0.717, 1.165) is 31.2 Å². The maximum absolute atomic E-state index is 11.7. The minimum Gasteiger partial charge on any atom is -0.354 e. The molecule has 1 amide bonds. The molecule has 0 aliphatic carbocycles. The Labute approximate surface area is 120 Å². The Hall–Kier alpha value is -1.47. The highest BCUT2D eigenvalue weighted by Gasteiger charge is 2.11. The largest absolute Gasteiger partial charge is 0.354 e. The lowest BCUT2D eigenvalue weighted by Gasteiger charge is -2.15. The molecule has 0 unspecified atom stereocenters. The molecule has 1 aromatic heterocycles. The van der Waals surface area contributed by atoms with E-state index < -0.39 is 0 Å². The molecule has 0 saturated heterocycles. The second-order valence-corrected chi connectivity index (χ2v) is 4.99. The van der Waals surface area contributed by atoms with Gasteiger partial charge in [-0.05, 0) is 26.9 Å². The summed E-state index contributed by atoms with van der Waals surface area (Å²) < 4.78 is 1.93. The van der Waals surface area contributed by atoms with Gasteiger partial charge in [0.2, 0.25) is 5.91 Å². The Morgan fingerprint density at radius 1 is 1.30 bits per heavy atom. The van der Waals surface area contributed by atoms with Crippen molar-refractivity contribution in [3.8, 4) is 0 Å². The van der Waals surface area contributed by atoms with Crippen LogP contribution >= 0.6 is 0 Å². The van der Waals surface area contributed by atoms with Crippen molar-refractivity contribution in [3.05, 3.63) is 11.6 Å². The molecular formula is C13H26N6O. The van der Waals surface area contributed by atoms with Crippen LogP contribution in [0.1, 0.15) is 25.0 Å². The summed E-state index contributed by atoms with van der Waals surface area (Å²) in [6.45, 7) is 7.46. The van der Waals surface area contributed by atoms with Gasteiger partial charge in [-0.15, -0.1) is 10.2 Å². The second-order valence-electron chi connectivity index (χ2n) is 4.99. The number of amides is 1. The van der Waals surface area contributed by atoms with Crippen molar-refractivity contribution >= 4 is 5.91 Å². The third kappa shape index (κ3) is 5.66. The number of carbonyl (C=O) groups is 1. The molecule has 0 atom stereocenters. The Balaban J connectivity index is 2.23. The first-order valence-corrected chi connectivity index (χ1v) is 7.05. The molecule has 0 saturated carbocycles. The van der Waals surface area contributed by atoms with Crippen LogP contribution in [-0.2, 0) is 18.4 Å². The molecular weight excluding hydrogens is 256 g/mol. The first kappa shape index (κ1) is 16.6. The lowest BCUT2D eigenvalue weighted by atomic mass is 10.4. The molecule has 0 aliphatic rings. The lowest BCUT2D eigenvalue weighted by molar-refractivity contribution is -0.122. The fourth-order valence-corrected chi connectivity index (χ4v) is 1.78. The number of aryl methyl sites for hydroxylation is 1. The monoisotopic (exact) mass is 282 g/mol. The van der Waals surface area contributed by atoms with Crippen LogP contribution < -0.4 is 10.6 Å². The summed E-state index contributed by atoms with van der Waals surface area (Å²) in [6.07, 6.45) is 1.10. The van der Waals surface area contributed by atoms with Gasteiger partial charge in [-0.25, -0.2) is 0 Å². The van der Waals surface area contributed by atoms with Gasteiger partial charge in [-0.3, -0.25) is 9.69 Å². The number of likely N-dealkylation sites (N-methyl/N-ethyl adjacent to an activating group) is 1. The van der Waals surface area contributed by atoms with Crippen LogP contribution in [0.25, 0.3) is 0 Å². The van der Waals surface area contributed by atoms with Crippen LogP contribution in [-0.4, -0.2) is 58.8 Å². The van der Waals surface area contributed by atoms with Crippen LogP contribution in [0.2, 0.25) is 0 Å². The highest BCUT2D eigenvalue weighted by atomic mass is 16.2. The van der Waals surface area contributed by atoms with Crippen molar-refractivity contribution < 1.29 is 4.79 Å². The Bertz CT molecular complexity index is 417. The van der Waals surface area contributed by atoms with Crippen LogP contribution in [0.4, 0.5) is 0 Å². The third-order valence-electron chi connectivity index (χ3n) is 3.06. The topological polar surface area (TPSA) is 75.1 Å². The van der Waals surface area contributed by atoms with Gasteiger partial charge >= 0.3 is 0 Å². The van der Waals surface area contributed by atoms with Gasteiger partial charge in [0, 0.05) is 20.1 Å². The van der Waals surface area contributed by atoms with E-state index >= 15 is 0 Å². The van der Waals surface area contributed by atoms with E-state index in [9.17, 15) is 4.79 Å². The first-order valence-electron chi connectivity index (χ1n) is 7.05. The van der Waals surface area contributed by atoms with Gasteiger partial charge in [-0.1, -0.05) is 6.92 Å². The molecule has 0 aliphatic heterocycles. The predicted octanol–water partition coefficient (Wildman–Crippen LogP) is -0.329. The third-order valence-corrected chi connectivity index (χ3v) is 3.06. The fourth-order valence-electron chi connectivity index (χ4n) is 1.78. The Kier molecular flexibility index (Phi) is 7.17. The highest BCUT2D eigenvalue weighted by Crippen LogP contribution is 2.00. The number of nitrogens with zero attached hydrogens (tertiary/aromatic N) is 4. The quantitative estimate of drug-likeness (QED) is 0.607. The summed E-state index contributed by atoms with van der Waals surface area (Å²) in [7, 11) is 3.83. The summed E-state index contributed by atoms with van der Waals surface area (Å²) in [4.78, 5) is 13.7. The van der Waals surface area contributed by atoms with Crippen molar-refractivity contribution in [1.82, 2.24) is 30.3 Å². The van der Waals surface area contributed by atoms with Crippen molar-refractivity contribution in [2.24, 2.45) is 7.05 Å². The van der Waals surface area contributed by atoms with Gasteiger partial charge in [0.15, 0.2) is 0 Å². The standard InChI is InChI=1S/C13H26N6O/c1-5-6-14-7-8-15-13(20)10-18(3)9-12-17-16-11(2)19(12)4/h14H,5-10H2,1-4H3,(H,15,20).